The molecular formula is C8H16O5. The van der Waals surface area contributed by atoms with Gasteiger partial charge in [0.25, 0.3) is 0 Å². The molecule has 5 nitrogen and oxygen atoms in total. The number of hydrogen-bond acceptors (Lipinski definition) is 4. The van der Waals surface area contributed by atoms with Gasteiger partial charge in [-0.25, -0.2) is 4.79 Å². The zero-order valence-electron chi connectivity index (χ0n) is 7.64. The van der Waals surface area contributed by atoms with Crippen molar-refractivity contribution in [3.05, 3.63) is 12.7 Å². The Kier molecular flexibility index (Phi) is 12.5. The molecule has 0 spiro atoms. The van der Waals surface area contributed by atoms with E-state index in [1.807, 2.05) is 0 Å². The summed E-state index contributed by atoms with van der Waals surface area (Å²) in [4.78, 5) is 9.25. The van der Waals surface area contributed by atoms with Crippen LogP contribution in [0.15, 0.2) is 12.7 Å². The Morgan fingerprint density at radius 3 is 2.00 bits per heavy atom. The summed E-state index contributed by atoms with van der Waals surface area (Å²) < 4.78 is 4.61. The lowest BCUT2D eigenvalue weighted by atomic mass is 10.5. The highest BCUT2D eigenvalue weighted by Crippen LogP contribution is 2.04. The molecule has 1 rings (SSSR count). The SMILES string of the molecule is C=CC(=O)O.CCO.OCC1CO1. The smallest absolute Gasteiger partial charge is 0.327 e. The molecule has 1 atom stereocenters. The van der Waals surface area contributed by atoms with Crippen molar-refractivity contribution >= 4 is 5.97 Å². The fraction of sp³-hybridized carbons (Fsp3) is 0.625. The number of hydrogen-bond donors (Lipinski definition) is 3. The van der Waals surface area contributed by atoms with Crippen molar-refractivity contribution in [3.63, 3.8) is 0 Å². The number of carboxylic acid groups (broad SMARTS) is 1. The largest absolute Gasteiger partial charge is 0.478 e. The van der Waals surface area contributed by atoms with Crippen LogP contribution in [0.4, 0.5) is 0 Å². The van der Waals surface area contributed by atoms with E-state index in [0.717, 1.165) is 12.7 Å². The van der Waals surface area contributed by atoms with Crippen LogP contribution in [0.2, 0.25) is 0 Å². The lowest BCUT2D eigenvalue weighted by Crippen LogP contribution is -1.88. The van der Waals surface area contributed by atoms with Crippen molar-refractivity contribution in [2.24, 2.45) is 0 Å². The molecule has 0 aromatic carbocycles. The van der Waals surface area contributed by atoms with Gasteiger partial charge in [0.15, 0.2) is 0 Å². The van der Waals surface area contributed by atoms with Crippen molar-refractivity contribution in [2.75, 3.05) is 19.8 Å². The summed E-state index contributed by atoms with van der Waals surface area (Å²) in [6, 6.07) is 0. The maximum absolute atomic E-state index is 9.25. The number of carboxylic acids is 1. The number of aliphatic hydroxyl groups excluding tert-OH is 2. The summed E-state index contributed by atoms with van der Waals surface area (Å²) in [5.74, 6) is -0.981. The Hall–Kier alpha value is -0.910. The second-order valence-electron chi connectivity index (χ2n) is 2.00. The van der Waals surface area contributed by atoms with E-state index in [1.165, 1.54) is 0 Å². The van der Waals surface area contributed by atoms with Gasteiger partial charge < -0.3 is 20.1 Å². The molecule has 0 aromatic heterocycles. The molecule has 1 fully saturated rings. The topological polar surface area (TPSA) is 90.3 Å². The van der Waals surface area contributed by atoms with Gasteiger partial charge in [0.1, 0.15) is 6.10 Å². The van der Waals surface area contributed by atoms with Crippen molar-refractivity contribution in [1.29, 1.82) is 0 Å². The molecular weight excluding hydrogens is 176 g/mol. The first-order valence-electron chi connectivity index (χ1n) is 3.81. The lowest BCUT2D eigenvalue weighted by Gasteiger charge is -1.70. The highest BCUT2D eigenvalue weighted by molar-refractivity contribution is 5.78. The average Bonchev–Trinajstić information content (AvgIpc) is 2.89. The second-order valence-corrected chi connectivity index (χ2v) is 2.00. The van der Waals surface area contributed by atoms with E-state index in [0.29, 0.717) is 0 Å². The first kappa shape index (κ1) is 14.6. The molecule has 1 heterocycles. The second kappa shape index (κ2) is 11.1. The molecule has 5 heteroatoms. The van der Waals surface area contributed by atoms with E-state index < -0.39 is 5.97 Å². The van der Waals surface area contributed by atoms with Gasteiger partial charge in [-0.05, 0) is 6.92 Å². The molecule has 0 aliphatic carbocycles. The minimum Gasteiger partial charge on any atom is -0.478 e. The third-order valence-electron chi connectivity index (χ3n) is 0.781. The van der Waals surface area contributed by atoms with Crippen LogP contribution in [0, 0.1) is 0 Å². The molecule has 0 bridgehead atoms. The Morgan fingerprint density at radius 2 is 2.00 bits per heavy atom. The quantitative estimate of drug-likeness (QED) is 0.410. The molecule has 78 valence electrons. The summed E-state index contributed by atoms with van der Waals surface area (Å²) in [7, 11) is 0. The number of aliphatic hydroxyl groups is 2. The zero-order valence-corrected chi connectivity index (χ0v) is 7.64. The van der Waals surface area contributed by atoms with Crippen LogP contribution in [0.25, 0.3) is 0 Å². The number of rotatable bonds is 2. The monoisotopic (exact) mass is 192 g/mol. The van der Waals surface area contributed by atoms with Gasteiger partial charge >= 0.3 is 5.97 Å². The van der Waals surface area contributed by atoms with E-state index in [9.17, 15) is 4.79 Å². The summed E-state index contributed by atoms with van der Waals surface area (Å²) in [6.45, 7) is 5.85. The predicted octanol–water partition coefficient (Wildman–Crippen LogP) is -0.367. The standard InChI is InChI=1S/C3H6O2.C3H4O2.C2H6O/c4-1-3-2-5-3;1-2-3(4)5;1-2-3/h3-4H,1-2H2;2H,1H2,(H,4,5);3H,2H2,1H3. The predicted molar refractivity (Wildman–Crippen MR) is 47.4 cm³/mol. The first-order chi connectivity index (χ1) is 6.12. The zero-order chi connectivity index (χ0) is 10.7. The third kappa shape index (κ3) is 24.7. The van der Waals surface area contributed by atoms with E-state index in [1.54, 1.807) is 6.92 Å². The van der Waals surface area contributed by atoms with E-state index >= 15 is 0 Å². The van der Waals surface area contributed by atoms with Crippen LogP contribution >= 0.6 is 0 Å². The van der Waals surface area contributed by atoms with E-state index in [4.69, 9.17) is 15.3 Å². The van der Waals surface area contributed by atoms with Crippen LogP contribution in [-0.2, 0) is 9.53 Å². The van der Waals surface area contributed by atoms with Gasteiger partial charge in [-0.2, -0.15) is 0 Å². The molecule has 3 N–H and O–H groups in total. The lowest BCUT2D eigenvalue weighted by molar-refractivity contribution is -0.131. The summed E-state index contributed by atoms with van der Waals surface area (Å²) in [6.07, 6.45) is 1.02. The van der Waals surface area contributed by atoms with Crippen molar-refractivity contribution in [3.8, 4) is 0 Å². The molecule has 0 radical (unpaired) electrons. The van der Waals surface area contributed by atoms with Crippen LogP contribution < -0.4 is 0 Å². The molecule has 13 heavy (non-hydrogen) atoms. The van der Waals surface area contributed by atoms with Gasteiger partial charge in [0.2, 0.25) is 0 Å². The van der Waals surface area contributed by atoms with E-state index in [-0.39, 0.29) is 19.3 Å². The molecule has 1 unspecified atom stereocenters. The van der Waals surface area contributed by atoms with Crippen LogP contribution in [0.3, 0.4) is 0 Å². The summed E-state index contributed by atoms with van der Waals surface area (Å²) >= 11 is 0. The molecule has 0 saturated carbocycles. The maximum Gasteiger partial charge on any atom is 0.327 e. The fourth-order valence-electron chi connectivity index (χ4n) is 0.173. The number of carbonyl (C=O) groups is 1. The highest BCUT2D eigenvalue weighted by atomic mass is 16.6. The average molecular weight is 192 g/mol. The van der Waals surface area contributed by atoms with Crippen molar-refractivity contribution < 1.29 is 24.9 Å². The van der Waals surface area contributed by atoms with Gasteiger partial charge in [0, 0.05) is 12.7 Å². The maximum atomic E-state index is 9.25. The van der Waals surface area contributed by atoms with E-state index in [2.05, 4.69) is 11.3 Å². The third-order valence-corrected chi connectivity index (χ3v) is 0.781. The Balaban J connectivity index is 0. The number of ether oxygens (including phenoxy) is 1. The minimum absolute atomic E-state index is 0.190. The van der Waals surface area contributed by atoms with Crippen LogP contribution in [-0.4, -0.2) is 47.2 Å². The fourth-order valence-corrected chi connectivity index (χ4v) is 0.173. The number of epoxide rings is 1. The molecule has 0 amide bonds. The minimum atomic E-state index is -0.981. The highest BCUT2D eigenvalue weighted by Gasteiger charge is 2.19. The van der Waals surface area contributed by atoms with Gasteiger partial charge in [0.05, 0.1) is 13.2 Å². The molecule has 1 saturated heterocycles. The van der Waals surface area contributed by atoms with Gasteiger partial charge in [-0.1, -0.05) is 6.58 Å². The Labute approximate surface area is 77.3 Å². The molecule has 0 aromatic rings. The normalized spacial score (nSPS) is 17.0. The number of aliphatic carboxylic acids is 1. The first-order valence-corrected chi connectivity index (χ1v) is 3.81. The Morgan fingerprint density at radius 1 is 1.69 bits per heavy atom. The van der Waals surface area contributed by atoms with Crippen molar-refractivity contribution in [2.45, 2.75) is 13.0 Å². The Bertz CT molecular complexity index is 130. The summed E-state index contributed by atoms with van der Waals surface area (Å²) in [5.41, 5.74) is 0. The van der Waals surface area contributed by atoms with Crippen molar-refractivity contribution in [1.82, 2.24) is 0 Å². The van der Waals surface area contributed by atoms with Crippen LogP contribution in [0.1, 0.15) is 6.92 Å². The molecule has 1 aliphatic heterocycles. The van der Waals surface area contributed by atoms with Gasteiger partial charge in [-0.15, -0.1) is 0 Å². The van der Waals surface area contributed by atoms with Gasteiger partial charge in [-0.3, -0.25) is 0 Å². The van der Waals surface area contributed by atoms with Crippen LogP contribution in [0.5, 0.6) is 0 Å². The molecule has 1 aliphatic rings. The summed E-state index contributed by atoms with van der Waals surface area (Å²) in [5, 5.41) is 23.3.